The first-order valence-electron chi connectivity index (χ1n) is 6.38. The van der Waals surface area contributed by atoms with Crippen LogP contribution < -0.4 is 5.32 Å². The van der Waals surface area contributed by atoms with E-state index in [1.165, 1.54) is 12.1 Å². The minimum Gasteiger partial charge on any atom is -0.508 e. The van der Waals surface area contributed by atoms with E-state index in [0.717, 1.165) is 0 Å². The lowest BCUT2D eigenvalue weighted by Crippen LogP contribution is -2.31. The van der Waals surface area contributed by atoms with Gasteiger partial charge in [-0.25, -0.2) is 4.79 Å². The first kappa shape index (κ1) is 15.8. The third kappa shape index (κ3) is 5.17. The summed E-state index contributed by atoms with van der Waals surface area (Å²) in [4.78, 5) is 14.6. The van der Waals surface area contributed by atoms with Gasteiger partial charge in [-0.1, -0.05) is 17.2 Å². The van der Waals surface area contributed by atoms with Crippen molar-refractivity contribution in [1.29, 1.82) is 0 Å². The molecule has 1 aromatic rings. The summed E-state index contributed by atoms with van der Waals surface area (Å²) in [5, 5.41) is 15.9. The molecule has 0 bridgehead atoms. The third-order valence-electron chi connectivity index (χ3n) is 2.57. The van der Waals surface area contributed by atoms with Gasteiger partial charge in [-0.2, -0.15) is 0 Å². The van der Waals surface area contributed by atoms with E-state index >= 15 is 0 Å². The minimum absolute atomic E-state index is 0.0904. The number of aromatic hydroxyl groups is 1. The summed E-state index contributed by atoms with van der Waals surface area (Å²) in [5.74, 6) is -0.311. The first-order chi connectivity index (χ1) is 9.69. The number of carbonyl (C=O) groups is 1. The van der Waals surface area contributed by atoms with E-state index < -0.39 is 12.0 Å². The first-order valence-corrected chi connectivity index (χ1v) is 6.38. The summed E-state index contributed by atoms with van der Waals surface area (Å²) in [6.45, 7) is 2.88. The predicted octanol–water partition coefficient (Wildman–Crippen LogP) is 2.29. The summed E-state index contributed by atoms with van der Waals surface area (Å²) in [5.41, 5.74) is 8.81. The molecule has 0 heterocycles. The van der Waals surface area contributed by atoms with Gasteiger partial charge in [0.1, 0.15) is 11.8 Å². The minimum atomic E-state index is -0.645. The van der Waals surface area contributed by atoms with Gasteiger partial charge in [-0.15, -0.1) is 0 Å². The van der Waals surface area contributed by atoms with Crippen molar-refractivity contribution in [1.82, 2.24) is 5.32 Å². The van der Waals surface area contributed by atoms with Gasteiger partial charge < -0.3 is 15.2 Å². The molecule has 1 rings (SSSR count). The summed E-state index contributed by atoms with van der Waals surface area (Å²) in [6, 6.07) is 5.81. The standard InChI is InChI=1S/C13H18N4O3/c1-2-20-13(19)12(15-7-4-8-16-17-14)10-5-3-6-11(18)9-10/h3,5-6,9,12,15,18H,2,4,7-8H2,1H3. The highest BCUT2D eigenvalue weighted by Gasteiger charge is 2.21. The molecule has 20 heavy (non-hydrogen) atoms. The van der Waals surface area contributed by atoms with Crippen LogP contribution in [0.5, 0.6) is 5.75 Å². The van der Waals surface area contributed by atoms with Gasteiger partial charge in [0.2, 0.25) is 0 Å². The van der Waals surface area contributed by atoms with Gasteiger partial charge in [0.25, 0.3) is 0 Å². The molecule has 0 amide bonds. The Labute approximate surface area is 117 Å². The van der Waals surface area contributed by atoms with Gasteiger partial charge >= 0.3 is 5.97 Å². The van der Waals surface area contributed by atoms with Gasteiger partial charge in [-0.3, -0.25) is 0 Å². The molecule has 7 heteroatoms. The molecule has 0 aliphatic carbocycles. The highest BCUT2D eigenvalue weighted by Crippen LogP contribution is 2.19. The number of carbonyl (C=O) groups excluding carboxylic acids is 1. The quantitative estimate of drug-likeness (QED) is 0.250. The Morgan fingerprint density at radius 2 is 2.40 bits per heavy atom. The molecule has 1 unspecified atom stereocenters. The number of rotatable bonds is 8. The Balaban J connectivity index is 2.70. The molecule has 1 aromatic carbocycles. The molecule has 0 fully saturated rings. The molecule has 0 aromatic heterocycles. The zero-order valence-electron chi connectivity index (χ0n) is 11.3. The van der Waals surface area contributed by atoms with Crippen LogP contribution in [0.25, 0.3) is 10.4 Å². The van der Waals surface area contributed by atoms with Gasteiger partial charge in [0.05, 0.1) is 6.61 Å². The molecule has 0 aliphatic rings. The highest BCUT2D eigenvalue weighted by molar-refractivity contribution is 5.77. The van der Waals surface area contributed by atoms with E-state index in [9.17, 15) is 9.90 Å². The second-order valence-corrected chi connectivity index (χ2v) is 4.04. The number of nitrogens with one attached hydrogen (secondary N) is 1. The van der Waals surface area contributed by atoms with Crippen molar-refractivity contribution in [3.63, 3.8) is 0 Å². The van der Waals surface area contributed by atoms with Crippen LogP contribution in [0.1, 0.15) is 24.9 Å². The zero-order chi connectivity index (χ0) is 14.8. The van der Waals surface area contributed by atoms with Crippen LogP contribution >= 0.6 is 0 Å². The fourth-order valence-electron chi connectivity index (χ4n) is 1.71. The van der Waals surface area contributed by atoms with E-state index in [1.807, 2.05) is 0 Å². The van der Waals surface area contributed by atoms with Crippen molar-refractivity contribution >= 4 is 5.97 Å². The van der Waals surface area contributed by atoms with Gasteiger partial charge in [0.15, 0.2) is 0 Å². The Hall–Kier alpha value is -2.24. The number of phenols is 1. The van der Waals surface area contributed by atoms with Crippen LogP contribution in [0.3, 0.4) is 0 Å². The summed E-state index contributed by atoms with van der Waals surface area (Å²) >= 11 is 0. The van der Waals surface area contributed by atoms with E-state index in [2.05, 4.69) is 15.3 Å². The molecular formula is C13H18N4O3. The van der Waals surface area contributed by atoms with Crippen molar-refractivity contribution in [2.45, 2.75) is 19.4 Å². The number of benzene rings is 1. The average molecular weight is 278 g/mol. The Morgan fingerprint density at radius 1 is 1.60 bits per heavy atom. The van der Waals surface area contributed by atoms with Gasteiger partial charge in [0, 0.05) is 11.5 Å². The zero-order valence-corrected chi connectivity index (χ0v) is 11.3. The van der Waals surface area contributed by atoms with Crippen molar-refractivity contribution in [3.05, 3.63) is 40.3 Å². The van der Waals surface area contributed by atoms with Crippen molar-refractivity contribution in [2.24, 2.45) is 5.11 Å². The van der Waals surface area contributed by atoms with E-state index in [1.54, 1.807) is 19.1 Å². The lowest BCUT2D eigenvalue weighted by atomic mass is 10.1. The van der Waals surface area contributed by atoms with Crippen LogP contribution in [-0.4, -0.2) is 30.8 Å². The molecule has 1 atom stereocenters. The predicted molar refractivity (Wildman–Crippen MR) is 74.1 cm³/mol. The fraction of sp³-hybridized carbons (Fsp3) is 0.462. The van der Waals surface area contributed by atoms with Gasteiger partial charge in [-0.05, 0) is 43.1 Å². The molecular weight excluding hydrogens is 260 g/mol. The van der Waals surface area contributed by atoms with E-state index in [0.29, 0.717) is 25.1 Å². The molecule has 0 aliphatic heterocycles. The molecule has 108 valence electrons. The molecule has 2 N–H and O–H groups in total. The number of phenolic OH excluding ortho intramolecular Hbond substituents is 1. The number of azide groups is 1. The molecule has 0 saturated carbocycles. The normalized spacial score (nSPS) is 11.4. The van der Waals surface area contributed by atoms with Crippen LogP contribution in [0.15, 0.2) is 29.4 Å². The lowest BCUT2D eigenvalue weighted by molar-refractivity contribution is -0.145. The Morgan fingerprint density at radius 3 is 3.05 bits per heavy atom. The smallest absolute Gasteiger partial charge is 0.327 e. The molecule has 0 radical (unpaired) electrons. The Kier molecular flexibility index (Phi) is 6.95. The van der Waals surface area contributed by atoms with Crippen LogP contribution in [0, 0.1) is 0 Å². The number of ether oxygens (including phenoxy) is 1. The maximum absolute atomic E-state index is 11.9. The summed E-state index contributed by atoms with van der Waals surface area (Å²) < 4.78 is 5.01. The number of hydrogen-bond donors (Lipinski definition) is 2. The Bertz CT molecular complexity index is 486. The summed E-state index contributed by atoms with van der Waals surface area (Å²) in [6.07, 6.45) is 0.610. The fourth-order valence-corrected chi connectivity index (χ4v) is 1.71. The van der Waals surface area contributed by atoms with Crippen LogP contribution in [-0.2, 0) is 9.53 Å². The third-order valence-corrected chi connectivity index (χ3v) is 2.57. The average Bonchev–Trinajstić information content (AvgIpc) is 2.43. The second kappa shape index (κ2) is 8.79. The SMILES string of the molecule is CCOC(=O)C(NCCCN=[N+]=[N-])c1cccc(O)c1. The number of esters is 1. The highest BCUT2D eigenvalue weighted by atomic mass is 16.5. The van der Waals surface area contributed by atoms with Crippen LogP contribution in [0.4, 0.5) is 0 Å². The second-order valence-electron chi connectivity index (χ2n) is 4.04. The van der Waals surface area contributed by atoms with Crippen molar-refractivity contribution in [3.8, 4) is 5.75 Å². The van der Waals surface area contributed by atoms with Crippen molar-refractivity contribution < 1.29 is 14.6 Å². The van der Waals surface area contributed by atoms with E-state index in [-0.39, 0.29) is 12.4 Å². The molecule has 0 spiro atoms. The lowest BCUT2D eigenvalue weighted by Gasteiger charge is -2.17. The maximum atomic E-state index is 11.9. The monoisotopic (exact) mass is 278 g/mol. The number of hydrogen-bond acceptors (Lipinski definition) is 5. The topological polar surface area (TPSA) is 107 Å². The van der Waals surface area contributed by atoms with E-state index in [4.69, 9.17) is 10.3 Å². The molecule has 7 nitrogen and oxygen atoms in total. The maximum Gasteiger partial charge on any atom is 0.327 e. The molecule has 0 saturated heterocycles. The van der Waals surface area contributed by atoms with Crippen LogP contribution in [0.2, 0.25) is 0 Å². The summed E-state index contributed by atoms with van der Waals surface area (Å²) in [7, 11) is 0. The largest absolute Gasteiger partial charge is 0.508 e. The number of nitrogens with zero attached hydrogens (tertiary/aromatic N) is 3. The van der Waals surface area contributed by atoms with Crippen molar-refractivity contribution in [2.75, 3.05) is 19.7 Å².